The normalized spacial score (nSPS) is 12.4. The predicted octanol–water partition coefficient (Wildman–Crippen LogP) is 4.16. The third kappa shape index (κ3) is 17.3. The molecule has 0 rings (SSSR count). The van der Waals surface area contributed by atoms with Crippen LogP contribution in [0.15, 0.2) is 12.2 Å². The molecule has 0 bridgehead atoms. The maximum absolute atomic E-state index is 11.7. The SMILES string of the molecule is CCCCCCC/C=C/CCCCC(=O)NCCCC[C@H](N)C(=O)O. The van der Waals surface area contributed by atoms with Crippen molar-refractivity contribution in [2.75, 3.05) is 6.54 Å². The van der Waals surface area contributed by atoms with E-state index in [0.29, 0.717) is 19.4 Å². The minimum Gasteiger partial charge on any atom is -0.480 e. The Morgan fingerprint density at radius 1 is 0.960 bits per heavy atom. The molecule has 1 atom stereocenters. The van der Waals surface area contributed by atoms with E-state index in [1.54, 1.807) is 0 Å². The molecule has 4 N–H and O–H groups in total. The fourth-order valence-electron chi connectivity index (χ4n) is 2.58. The van der Waals surface area contributed by atoms with Crippen molar-refractivity contribution in [3.05, 3.63) is 12.2 Å². The van der Waals surface area contributed by atoms with Gasteiger partial charge in [0.05, 0.1) is 0 Å². The van der Waals surface area contributed by atoms with Crippen LogP contribution in [0.25, 0.3) is 0 Å². The summed E-state index contributed by atoms with van der Waals surface area (Å²) in [6.07, 6.45) is 17.8. The standard InChI is InChI=1S/C20H38N2O3/c1-2-3-4-5-6-7-8-9-10-11-12-16-19(23)22-17-14-13-15-18(21)20(24)25/h8-9,18H,2-7,10-17,21H2,1H3,(H,22,23)(H,24,25)/b9-8+/t18-/m0/s1. The number of nitrogens with two attached hydrogens (primary N) is 1. The maximum Gasteiger partial charge on any atom is 0.320 e. The lowest BCUT2D eigenvalue weighted by Gasteiger charge is -2.07. The summed E-state index contributed by atoms with van der Waals surface area (Å²) >= 11 is 0. The number of carboxylic acids is 1. The Morgan fingerprint density at radius 2 is 1.60 bits per heavy atom. The van der Waals surface area contributed by atoms with E-state index in [1.165, 1.54) is 38.5 Å². The van der Waals surface area contributed by atoms with Gasteiger partial charge in [0.15, 0.2) is 0 Å². The molecule has 5 nitrogen and oxygen atoms in total. The van der Waals surface area contributed by atoms with Gasteiger partial charge in [-0.05, 0) is 51.4 Å². The molecule has 5 heteroatoms. The van der Waals surface area contributed by atoms with Gasteiger partial charge in [0.25, 0.3) is 0 Å². The van der Waals surface area contributed by atoms with E-state index in [-0.39, 0.29) is 5.91 Å². The first-order chi connectivity index (χ1) is 12.1. The van der Waals surface area contributed by atoms with Crippen molar-refractivity contribution in [3.63, 3.8) is 0 Å². The fraction of sp³-hybridized carbons (Fsp3) is 0.800. The maximum atomic E-state index is 11.7. The average Bonchev–Trinajstić information content (AvgIpc) is 2.59. The van der Waals surface area contributed by atoms with Crippen LogP contribution in [-0.2, 0) is 9.59 Å². The number of hydrogen-bond donors (Lipinski definition) is 3. The van der Waals surface area contributed by atoms with Gasteiger partial charge >= 0.3 is 5.97 Å². The van der Waals surface area contributed by atoms with Gasteiger partial charge in [0, 0.05) is 13.0 Å². The molecular weight excluding hydrogens is 316 g/mol. The Kier molecular flexibility index (Phi) is 16.5. The number of amides is 1. The van der Waals surface area contributed by atoms with Crippen molar-refractivity contribution < 1.29 is 14.7 Å². The van der Waals surface area contributed by atoms with Crippen molar-refractivity contribution in [2.45, 2.75) is 96.4 Å². The quantitative estimate of drug-likeness (QED) is 0.270. The van der Waals surface area contributed by atoms with Gasteiger partial charge in [-0.2, -0.15) is 0 Å². The Balaban J connectivity index is 3.34. The lowest BCUT2D eigenvalue weighted by molar-refractivity contribution is -0.138. The van der Waals surface area contributed by atoms with E-state index < -0.39 is 12.0 Å². The van der Waals surface area contributed by atoms with Crippen LogP contribution in [0.4, 0.5) is 0 Å². The summed E-state index contributed by atoms with van der Waals surface area (Å²) in [7, 11) is 0. The zero-order valence-electron chi connectivity index (χ0n) is 16.0. The summed E-state index contributed by atoms with van der Waals surface area (Å²) in [6, 6.07) is -0.792. The van der Waals surface area contributed by atoms with Crippen molar-refractivity contribution in [1.29, 1.82) is 0 Å². The minimum absolute atomic E-state index is 0.0856. The average molecular weight is 355 g/mol. The highest BCUT2D eigenvalue weighted by Gasteiger charge is 2.10. The van der Waals surface area contributed by atoms with Crippen molar-refractivity contribution >= 4 is 11.9 Å². The molecule has 25 heavy (non-hydrogen) atoms. The first-order valence-electron chi connectivity index (χ1n) is 9.98. The van der Waals surface area contributed by atoms with Gasteiger partial charge in [0.1, 0.15) is 6.04 Å². The number of carboxylic acid groups (broad SMARTS) is 1. The number of carbonyl (C=O) groups excluding carboxylic acids is 1. The molecule has 1 amide bonds. The molecule has 0 aromatic heterocycles. The molecule has 0 spiro atoms. The van der Waals surface area contributed by atoms with Crippen molar-refractivity contribution in [1.82, 2.24) is 5.32 Å². The topological polar surface area (TPSA) is 92.4 Å². The Morgan fingerprint density at radius 3 is 2.24 bits per heavy atom. The van der Waals surface area contributed by atoms with Gasteiger partial charge < -0.3 is 16.2 Å². The molecular formula is C20H38N2O3. The molecule has 0 aromatic rings. The molecule has 0 aromatic carbocycles. The zero-order valence-corrected chi connectivity index (χ0v) is 16.0. The highest BCUT2D eigenvalue weighted by atomic mass is 16.4. The molecule has 0 saturated carbocycles. The predicted molar refractivity (Wildman–Crippen MR) is 103 cm³/mol. The largest absolute Gasteiger partial charge is 0.480 e. The van der Waals surface area contributed by atoms with Gasteiger partial charge in [0.2, 0.25) is 5.91 Å². The van der Waals surface area contributed by atoms with Crippen LogP contribution in [0.5, 0.6) is 0 Å². The summed E-state index contributed by atoms with van der Waals surface area (Å²) in [4.78, 5) is 22.2. The molecule has 0 aliphatic rings. The van der Waals surface area contributed by atoms with Crippen LogP contribution in [0, 0.1) is 0 Å². The molecule has 0 fully saturated rings. The van der Waals surface area contributed by atoms with Gasteiger partial charge in [-0.3, -0.25) is 9.59 Å². The van der Waals surface area contributed by atoms with E-state index >= 15 is 0 Å². The number of allylic oxidation sites excluding steroid dienone is 2. The fourth-order valence-corrected chi connectivity index (χ4v) is 2.58. The minimum atomic E-state index is -0.963. The van der Waals surface area contributed by atoms with E-state index in [4.69, 9.17) is 10.8 Å². The van der Waals surface area contributed by atoms with Crippen LogP contribution < -0.4 is 11.1 Å². The first kappa shape index (κ1) is 23.6. The second-order valence-corrected chi connectivity index (χ2v) is 6.71. The van der Waals surface area contributed by atoms with Crippen LogP contribution >= 0.6 is 0 Å². The smallest absolute Gasteiger partial charge is 0.320 e. The number of nitrogens with one attached hydrogen (secondary N) is 1. The summed E-state index contributed by atoms with van der Waals surface area (Å²) < 4.78 is 0. The zero-order chi connectivity index (χ0) is 18.8. The number of rotatable bonds is 17. The Bertz CT molecular complexity index is 370. The van der Waals surface area contributed by atoms with E-state index in [1.807, 2.05) is 0 Å². The molecule has 0 aliphatic heterocycles. The summed E-state index contributed by atoms with van der Waals surface area (Å²) in [6.45, 7) is 2.83. The van der Waals surface area contributed by atoms with E-state index in [2.05, 4.69) is 24.4 Å². The van der Waals surface area contributed by atoms with Crippen LogP contribution in [0.2, 0.25) is 0 Å². The second-order valence-electron chi connectivity index (χ2n) is 6.71. The van der Waals surface area contributed by atoms with Gasteiger partial charge in [-0.25, -0.2) is 0 Å². The number of unbranched alkanes of at least 4 members (excludes halogenated alkanes) is 8. The first-order valence-corrected chi connectivity index (χ1v) is 9.98. The highest BCUT2D eigenvalue weighted by Crippen LogP contribution is 2.07. The van der Waals surface area contributed by atoms with Gasteiger partial charge in [-0.1, -0.05) is 44.8 Å². The van der Waals surface area contributed by atoms with E-state index in [9.17, 15) is 9.59 Å². The molecule has 146 valence electrons. The number of hydrogen-bond acceptors (Lipinski definition) is 3. The molecule has 0 radical (unpaired) electrons. The second kappa shape index (κ2) is 17.5. The lowest BCUT2D eigenvalue weighted by Crippen LogP contribution is -2.30. The lowest BCUT2D eigenvalue weighted by atomic mass is 10.1. The Labute approximate surface area is 153 Å². The molecule has 0 saturated heterocycles. The van der Waals surface area contributed by atoms with Gasteiger partial charge in [-0.15, -0.1) is 0 Å². The number of aliphatic carboxylic acids is 1. The van der Waals surface area contributed by atoms with Crippen LogP contribution in [0.3, 0.4) is 0 Å². The summed E-state index contributed by atoms with van der Waals surface area (Å²) in [5.41, 5.74) is 5.42. The van der Waals surface area contributed by atoms with Crippen LogP contribution in [0.1, 0.15) is 90.4 Å². The molecule has 0 heterocycles. The molecule has 0 aliphatic carbocycles. The third-order valence-corrected chi connectivity index (χ3v) is 4.25. The van der Waals surface area contributed by atoms with Crippen molar-refractivity contribution in [3.8, 4) is 0 Å². The summed E-state index contributed by atoms with van der Waals surface area (Å²) in [5, 5.41) is 11.5. The molecule has 0 unspecified atom stereocenters. The van der Waals surface area contributed by atoms with Crippen LogP contribution in [-0.4, -0.2) is 29.6 Å². The number of carbonyl (C=O) groups is 2. The van der Waals surface area contributed by atoms with E-state index in [0.717, 1.165) is 32.1 Å². The summed E-state index contributed by atoms with van der Waals surface area (Å²) in [5.74, 6) is -0.878. The Hall–Kier alpha value is -1.36. The third-order valence-electron chi connectivity index (χ3n) is 4.25. The van der Waals surface area contributed by atoms with Crippen molar-refractivity contribution in [2.24, 2.45) is 5.73 Å². The monoisotopic (exact) mass is 354 g/mol. The highest BCUT2D eigenvalue weighted by molar-refractivity contribution is 5.75.